The van der Waals surface area contributed by atoms with Crippen molar-refractivity contribution in [1.82, 2.24) is 0 Å². The van der Waals surface area contributed by atoms with Crippen LogP contribution in [0, 0.1) is 0 Å². The van der Waals surface area contributed by atoms with Crippen molar-refractivity contribution in [3.63, 3.8) is 0 Å². The molecule has 0 saturated carbocycles. The van der Waals surface area contributed by atoms with Crippen molar-refractivity contribution in [2.45, 2.75) is 0 Å². The van der Waals surface area contributed by atoms with Gasteiger partial charge in [0.15, 0.2) is 0 Å². The van der Waals surface area contributed by atoms with E-state index in [0.717, 1.165) is 0 Å². The molecule has 0 saturated heterocycles. The highest BCUT2D eigenvalue weighted by atomic mass is 14.2. The molecule has 176 valence electrons. The number of rotatable bonds is 3. The van der Waals surface area contributed by atoms with Crippen molar-refractivity contribution in [3.05, 3.63) is 146 Å². The van der Waals surface area contributed by atoms with Crippen LogP contribution < -0.4 is 0 Å². The van der Waals surface area contributed by atoms with E-state index in [0.29, 0.717) is 0 Å². The van der Waals surface area contributed by atoms with E-state index in [4.69, 9.17) is 0 Å². The molecule has 0 heterocycles. The summed E-state index contributed by atoms with van der Waals surface area (Å²) in [5.41, 5.74) is 12.9. The van der Waals surface area contributed by atoms with Crippen molar-refractivity contribution < 1.29 is 0 Å². The fraction of sp³-hybridized carbons (Fsp3) is 0. The van der Waals surface area contributed by atoms with Crippen LogP contribution >= 0.6 is 0 Å². The van der Waals surface area contributed by atoms with E-state index in [9.17, 15) is 0 Å². The standard InChI is InChI=1S/C38H24/c1-2-8-25(9-3-1)26-10-6-11-27(20-26)28-16-17-30-22-31(19-18-29(30)21-28)33-23-32-12-7-15-36-34-13-4-5-14-35(34)37(24-33)38(32)36/h1-24H. The van der Waals surface area contributed by atoms with Crippen LogP contribution in [0.15, 0.2) is 146 Å². The van der Waals surface area contributed by atoms with E-state index in [1.54, 1.807) is 0 Å². The van der Waals surface area contributed by atoms with Gasteiger partial charge in [0.1, 0.15) is 0 Å². The molecule has 1 aliphatic rings. The van der Waals surface area contributed by atoms with Crippen LogP contribution in [-0.4, -0.2) is 0 Å². The van der Waals surface area contributed by atoms with Gasteiger partial charge in [-0.2, -0.15) is 0 Å². The predicted molar refractivity (Wildman–Crippen MR) is 162 cm³/mol. The lowest BCUT2D eigenvalue weighted by Crippen LogP contribution is -1.84. The molecule has 8 rings (SSSR count). The third kappa shape index (κ3) is 3.31. The Morgan fingerprint density at radius 3 is 1.53 bits per heavy atom. The Bertz CT molecular complexity index is 2010. The average Bonchev–Trinajstić information content (AvgIpc) is 3.32. The molecule has 0 amide bonds. The molecule has 0 nitrogen and oxygen atoms in total. The summed E-state index contributed by atoms with van der Waals surface area (Å²) in [6, 6.07) is 53.3. The van der Waals surface area contributed by atoms with Crippen molar-refractivity contribution in [3.8, 4) is 55.6 Å². The van der Waals surface area contributed by atoms with Gasteiger partial charge in [-0.1, -0.05) is 115 Å². The lowest BCUT2D eigenvalue weighted by atomic mass is 9.93. The Morgan fingerprint density at radius 2 is 0.763 bits per heavy atom. The minimum Gasteiger partial charge on any atom is -0.0622 e. The van der Waals surface area contributed by atoms with Gasteiger partial charge < -0.3 is 0 Å². The molecule has 0 fully saturated rings. The van der Waals surface area contributed by atoms with Crippen LogP contribution in [0.3, 0.4) is 0 Å². The minimum atomic E-state index is 1.24. The van der Waals surface area contributed by atoms with Gasteiger partial charge in [-0.05, 0) is 108 Å². The van der Waals surface area contributed by atoms with Crippen molar-refractivity contribution in [1.29, 1.82) is 0 Å². The Kier molecular flexibility index (Phi) is 4.62. The Balaban J connectivity index is 1.20. The van der Waals surface area contributed by atoms with Gasteiger partial charge in [0, 0.05) is 0 Å². The van der Waals surface area contributed by atoms with Crippen LogP contribution in [0.25, 0.3) is 77.2 Å². The summed E-state index contributed by atoms with van der Waals surface area (Å²) in [5, 5.41) is 5.20. The second-order valence-corrected chi connectivity index (χ2v) is 10.2. The normalized spacial score (nSPS) is 11.7. The average molecular weight is 481 g/mol. The maximum atomic E-state index is 2.38. The molecular weight excluding hydrogens is 456 g/mol. The van der Waals surface area contributed by atoms with E-state index in [1.807, 2.05) is 0 Å². The zero-order chi connectivity index (χ0) is 25.1. The molecule has 7 aromatic carbocycles. The van der Waals surface area contributed by atoms with Crippen molar-refractivity contribution in [2.24, 2.45) is 0 Å². The zero-order valence-corrected chi connectivity index (χ0v) is 20.9. The topological polar surface area (TPSA) is 0 Å². The number of fused-ring (bicyclic) bond motifs is 4. The summed E-state index contributed by atoms with van der Waals surface area (Å²) in [6.07, 6.45) is 0. The third-order valence-corrected chi connectivity index (χ3v) is 7.96. The van der Waals surface area contributed by atoms with Crippen molar-refractivity contribution in [2.75, 3.05) is 0 Å². The molecule has 0 atom stereocenters. The van der Waals surface area contributed by atoms with E-state index in [1.165, 1.54) is 77.2 Å². The lowest BCUT2D eigenvalue weighted by Gasteiger charge is -2.11. The van der Waals surface area contributed by atoms with Crippen LogP contribution in [0.1, 0.15) is 0 Å². The van der Waals surface area contributed by atoms with E-state index in [2.05, 4.69) is 146 Å². The molecular formula is C38H24. The van der Waals surface area contributed by atoms with Crippen molar-refractivity contribution >= 4 is 21.5 Å². The molecule has 0 heteroatoms. The van der Waals surface area contributed by atoms with Crippen LogP contribution in [0.5, 0.6) is 0 Å². The molecule has 38 heavy (non-hydrogen) atoms. The molecule has 0 N–H and O–H groups in total. The summed E-state index contributed by atoms with van der Waals surface area (Å²) in [4.78, 5) is 0. The Morgan fingerprint density at radius 1 is 0.237 bits per heavy atom. The molecule has 7 aromatic rings. The summed E-state index contributed by atoms with van der Waals surface area (Å²) in [5.74, 6) is 0. The fourth-order valence-electron chi connectivity index (χ4n) is 6.10. The minimum absolute atomic E-state index is 1.24. The van der Waals surface area contributed by atoms with Crippen LogP contribution in [0.2, 0.25) is 0 Å². The van der Waals surface area contributed by atoms with Gasteiger partial charge in [-0.25, -0.2) is 0 Å². The van der Waals surface area contributed by atoms with Crippen LogP contribution in [0.4, 0.5) is 0 Å². The summed E-state index contributed by atoms with van der Waals surface area (Å²) >= 11 is 0. The first-order chi connectivity index (χ1) is 18.8. The fourth-order valence-corrected chi connectivity index (χ4v) is 6.10. The molecule has 1 aliphatic carbocycles. The smallest absolute Gasteiger partial charge is 0.00259 e. The van der Waals surface area contributed by atoms with E-state index >= 15 is 0 Å². The van der Waals surface area contributed by atoms with E-state index < -0.39 is 0 Å². The summed E-state index contributed by atoms with van der Waals surface area (Å²) in [6.45, 7) is 0. The first-order valence-corrected chi connectivity index (χ1v) is 13.2. The highest BCUT2D eigenvalue weighted by Gasteiger charge is 2.21. The highest BCUT2D eigenvalue weighted by Crippen LogP contribution is 2.48. The molecule has 0 aliphatic heterocycles. The second-order valence-electron chi connectivity index (χ2n) is 10.2. The molecule has 0 radical (unpaired) electrons. The molecule has 0 aromatic heterocycles. The summed E-state index contributed by atoms with van der Waals surface area (Å²) in [7, 11) is 0. The Hall–Kier alpha value is -4.94. The van der Waals surface area contributed by atoms with Gasteiger partial charge in [0.2, 0.25) is 0 Å². The van der Waals surface area contributed by atoms with Gasteiger partial charge in [-0.3, -0.25) is 0 Å². The zero-order valence-electron chi connectivity index (χ0n) is 20.9. The van der Waals surface area contributed by atoms with Gasteiger partial charge in [-0.15, -0.1) is 0 Å². The number of benzene rings is 7. The maximum Gasteiger partial charge on any atom is -0.00259 e. The predicted octanol–water partition coefficient (Wildman–Crippen LogP) is 10.6. The number of hydrogen-bond donors (Lipinski definition) is 0. The Labute approximate surface area is 222 Å². The lowest BCUT2D eigenvalue weighted by molar-refractivity contribution is 1.60. The largest absolute Gasteiger partial charge is 0.0622 e. The maximum absolute atomic E-state index is 2.38. The van der Waals surface area contributed by atoms with Gasteiger partial charge in [0.25, 0.3) is 0 Å². The van der Waals surface area contributed by atoms with Gasteiger partial charge in [0.05, 0.1) is 0 Å². The second kappa shape index (κ2) is 8.30. The summed E-state index contributed by atoms with van der Waals surface area (Å²) < 4.78 is 0. The third-order valence-electron chi connectivity index (χ3n) is 7.96. The molecule has 0 bridgehead atoms. The SMILES string of the molecule is c1ccc(-c2cccc(-c3ccc4cc(-c5cc6c7c(cccc7c5)-c5ccccc5-6)ccc4c3)c2)cc1. The first-order valence-electron chi connectivity index (χ1n) is 13.2. The van der Waals surface area contributed by atoms with Crippen LogP contribution in [-0.2, 0) is 0 Å². The monoisotopic (exact) mass is 480 g/mol. The molecule has 0 unspecified atom stereocenters. The first kappa shape index (κ1) is 21.2. The van der Waals surface area contributed by atoms with E-state index in [-0.39, 0.29) is 0 Å². The quantitative estimate of drug-likeness (QED) is 0.236. The molecule has 0 spiro atoms. The van der Waals surface area contributed by atoms with Gasteiger partial charge >= 0.3 is 0 Å². The highest BCUT2D eigenvalue weighted by molar-refractivity contribution is 6.16. The number of hydrogen-bond acceptors (Lipinski definition) is 0.